The van der Waals surface area contributed by atoms with Gasteiger partial charge in [-0.25, -0.2) is 4.39 Å². The summed E-state index contributed by atoms with van der Waals surface area (Å²) >= 11 is 0. The summed E-state index contributed by atoms with van der Waals surface area (Å²) in [4.78, 5) is 11.4. The Bertz CT molecular complexity index is 368. The summed E-state index contributed by atoms with van der Waals surface area (Å²) in [5, 5.41) is 2.95. The number of benzene rings is 1. The van der Waals surface area contributed by atoms with Crippen LogP contribution in [0.1, 0.15) is 26.3 Å². The Balaban J connectivity index is 2.28. The van der Waals surface area contributed by atoms with Crippen LogP contribution >= 0.6 is 0 Å². The van der Waals surface area contributed by atoms with Crippen molar-refractivity contribution in [2.75, 3.05) is 6.54 Å². The highest BCUT2D eigenvalue weighted by Crippen LogP contribution is 2.06. The van der Waals surface area contributed by atoms with Gasteiger partial charge in [-0.05, 0) is 38.5 Å². The van der Waals surface area contributed by atoms with Gasteiger partial charge in [0.1, 0.15) is 11.4 Å². The lowest BCUT2D eigenvalue weighted by Crippen LogP contribution is -2.31. The Morgan fingerprint density at radius 1 is 1.29 bits per heavy atom. The fourth-order valence-corrected chi connectivity index (χ4v) is 1.29. The molecule has 0 bridgehead atoms. The van der Waals surface area contributed by atoms with Gasteiger partial charge in [0.2, 0.25) is 0 Å². The third-order valence-electron chi connectivity index (χ3n) is 1.93. The minimum absolute atomic E-state index is 0.147. The molecule has 0 aliphatic rings. The van der Waals surface area contributed by atoms with Crippen molar-refractivity contribution in [2.45, 2.75) is 32.9 Å². The van der Waals surface area contributed by atoms with Crippen LogP contribution in [-0.4, -0.2) is 18.1 Å². The van der Waals surface area contributed by atoms with E-state index >= 15 is 0 Å². The highest BCUT2D eigenvalue weighted by atomic mass is 19.1. The first-order valence-electron chi connectivity index (χ1n) is 5.54. The van der Waals surface area contributed by atoms with E-state index in [9.17, 15) is 9.18 Å². The molecule has 0 radical (unpaired) electrons. The molecule has 0 aromatic heterocycles. The lowest BCUT2D eigenvalue weighted by atomic mass is 10.2. The van der Waals surface area contributed by atoms with Crippen LogP contribution in [0.25, 0.3) is 0 Å². The Morgan fingerprint density at radius 3 is 2.41 bits per heavy atom. The number of carbonyl (C=O) groups excluding carboxylic acids is 1. The molecule has 1 aromatic rings. The average molecular weight is 239 g/mol. The van der Waals surface area contributed by atoms with Crippen molar-refractivity contribution in [3.63, 3.8) is 0 Å². The number of rotatable bonds is 4. The normalized spacial score (nSPS) is 11.3. The minimum Gasteiger partial charge on any atom is -0.459 e. The van der Waals surface area contributed by atoms with Gasteiger partial charge in [0.25, 0.3) is 0 Å². The zero-order chi connectivity index (χ0) is 12.9. The molecule has 1 N–H and O–H groups in total. The summed E-state index contributed by atoms with van der Waals surface area (Å²) in [5.74, 6) is -0.555. The fraction of sp³-hybridized carbons (Fsp3) is 0.462. The summed E-state index contributed by atoms with van der Waals surface area (Å²) in [6, 6.07) is 6.14. The predicted molar refractivity (Wildman–Crippen MR) is 64.0 cm³/mol. The molecule has 0 spiro atoms. The molecule has 0 aliphatic heterocycles. The summed E-state index contributed by atoms with van der Waals surface area (Å²) in [6.07, 6.45) is 0. The highest BCUT2D eigenvalue weighted by molar-refractivity contribution is 5.72. The molecule has 0 saturated heterocycles. The van der Waals surface area contributed by atoms with E-state index in [1.807, 2.05) is 20.8 Å². The van der Waals surface area contributed by atoms with Crippen molar-refractivity contribution >= 4 is 5.97 Å². The van der Waals surface area contributed by atoms with Crippen LogP contribution < -0.4 is 5.32 Å². The molecule has 1 aromatic carbocycles. The summed E-state index contributed by atoms with van der Waals surface area (Å²) < 4.78 is 17.8. The van der Waals surface area contributed by atoms with Crippen LogP contribution in [0.4, 0.5) is 4.39 Å². The van der Waals surface area contributed by atoms with E-state index < -0.39 is 5.60 Å². The molecule has 0 saturated carbocycles. The molecule has 0 aliphatic carbocycles. The Hall–Kier alpha value is -1.42. The van der Waals surface area contributed by atoms with Gasteiger partial charge in [-0.3, -0.25) is 4.79 Å². The second-order valence-corrected chi connectivity index (χ2v) is 4.82. The van der Waals surface area contributed by atoms with Crippen LogP contribution in [-0.2, 0) is 16.1 Å². The van der Waals surface area contributed by atoms with Crippen LogP contribution in [0, 0.1) is 5.82 Å². The number of nitrogens with one attached hydrogen (secondary N) is 1. The van der Waals surface area contributed by atoms with Gasteiger partial charge in [0.05, 0.1) is 6.54 Å². The van der Waals surface area contributed by atoms with Crippen LogP contribution in [0.3, 0.4) is 0 Å². The van der Waals surface area contributed by atoms with Gasteiger partial charge in [-0.2, -0.15) is 0 Å². The van der Waals surface area contributed by atoms with E-state index in [2.05, 4.69) is 5.32 Å². The Kier molecular flexibility index (Phi) is 4.63. The molecule has 0 heterocycles. The maximum Gasteiger partial charge on any atom is 0.320 e. The molecule has 1 rings (SSSR count). The van der Waals surface area contributed by atoms with Gasteiger partial charge in [-0.15, -0.1) is 0 Å². The molecule has 4 heteroatoms. The second kappa shape index (κ2) is 5.77. The second-order valence-electron chi connectivity index (χ2n) is 4.82. The number of esters is 1. The van der Waals surface area contributed by atoms with E-state index in [0.717, 1.165) is 5.56 Å². The molecule has 3 nitrogen and oxygen atoms in total. The van der Waals surface area contributed by atoms with Crippen LogP contribution in [0.2, 0.25) is 0 Å². The van der Waals surface area contributed by atoms with Gasteiger partial charge in [0.15, 0.2) is 0 Å². The molecule has 0 amide bonds. The quantitative estimate of drug-likeness (QED) is 0.819. The monoisotopic (exact) mass is 239 g/mol. The first-order valence-corrected chi connectivity index (χ1v) is 5.54. The molecule has 0 fully saturated rings. The average Bonchev–Trinajstić information content (AvgIpc) is 2.18. The Morgan fingerprint density at radius 2 is 1.88 bits per heavy atom. The summed E-state index contributed by atoms with van der Waals surface area (Å²) in [6.45, 7) is 6.13. The zero-order valence-corrected chi connectivity index (χ0v) is 10.4. The lowest BCUT2D eigenvalue weighted by Gasteiger charge is -2.19. The number of ether oxygens (including phenoxy) is 1. The third kappa shape index (κ3) is 6.02. The zero-order valence-electron chi connectivity index (χ0n) is 10.4. The van der Waals surface area contributed by atoms with Crippen molar-refractivity contribution in [2.24, 2.45) is 0 Å². The number of hydrogen-bond donors (Lipinski definition) is 1. The third-order valence-corrected chi connectivity index (χ3v) is 1.93. The van der Waals surface area contributed by atoms with Crippen molar-refractivity contribution in [1.82, 2.24) is 5.32 Å². The van der Waals surface area contributed by atoms with Gasteiger partial charge >= 0.3 is 5.97 Å². The van der Waals surface area contributed by atoms with Crippen molar-refractivity contribution in [3.8, 4) is 0 Å². The first-order chi connectivity index (χ1) is 7.87. The summed E-state index contributed by atoms with van der Waals surface area (Å²) in [7, 11) is 0. The molecule has 17 heavy (non-hydrogen) atoms. The number of halogens is 1. The maximum atomic E-state index is 12.6. The van der Waals surface area contributed by atoms with Crippen molar-refractivity contribution < 1.29 is 13.9 Å². The minimum atomic E-state index is -0.464. The molecule has 0 unspecified atom stereocenters. The van der Waals surface area contributed by atoms with E-state index in [1.54, 1.807) is 12.1 Å². The lowest BCUT2D eigenvalue weighted by molar-refractivity contribution is -0.153. The first kappa shape index (κ1) is 13.6. The molecular weight excluding hydrogens is 221 g/mol. The standard InChI is InChI=1S/C13H18FNO2/c1-13(2,3)17-12(16)9-15-8-10-4-6-11(14)7-5-10/h4-7,15H,8-9H2,1-3H3. The number of carbonyl (C=O) groups is 1. The molecule has 94 valence electrons. The van der Waals surface area contributed by atoms with Crippen LogP contribution in [0.15, 0.2) is 24.3 Å². The van der Waals surface area contributed by atoms with Crippen LogP contribution in [0.5, 0.6) is 0 Å². The van der Waals surface area contributed by atoms with E-state index in [-0.39, 0.29) is 18.3 Å². The van der Waals surface area contributed by atoms with Crippen molar-refractivity contribution in [1.29, 1.82) is 0 Å². The van der Waals surface area contributed by atoms with E-state index in [4.69, 9.17) is 4.74 Å². The Labute approximate surface area is 101 Å². The van der Waals surface area contributed by atoms with Crippen molar-refractivity contribution in [3.05, 3.63) is 35.6 Å². The maximum absolute atomic E-state index is 12.6. The predicted octanol–water partition coefficient (Wildman–Crippen LogP) is 2.26. The van der Waals surface area contributed by atoms with Gasteiger partial charge in [-0.1, -0.05) is 12.1 Å². The fourth-order valence-electron chi connectivity index (χ4n) is 1.29. The van der Waals surface area contributed by atoms with E-state index in [0.29, 0.717) is 6.54 Å². The molecule has 0 atom stereocenters. The van der Waals surface area contributed by atoms with Gasteiger partial charge in [0, 0.05) is 6.54 Å². The highest BCUT2D eigenvalue weighted by Gasteiger charge is 2.15. The smallest absolute Gasteiger partial charge is 0.320 e. The SMILES string of the molecule is CC(C)(C)OC(=O)CNCc1ccc(F)cc1. The largest absolute Gasteiger partial charge is 0.459 e. The summed E-state index contributed by atoms with van der Waals surface area (Å²) in [5.41, 5.74) is 0.462. The van der Waals surface area contributed by atoms with Gasteiger partial charge < -0.3 is 10.1 Å². The topological polar surface area (TPSA) is 38.3 Å². The molecular formula is C13H18FNO2. The number of hydrogen-bond acceptors (Lipinski definition) is 3. The van der Waals surface area contributed by atoms with E-state index in [1.165, 1.54) is 12.1 Å².